The number of aliphatic carboxylic acids is 1. The predicted octanol–water partition coefficient (Wildman–Crippen LogP) is 2.46. The van der Waals surface area contributed by atoms with Crippen LogP contribution in [0.3, 0.4) is 0 Å². The first-order valence-electron chi connectivity index (χ1n) is 8.05. The molecule has 0 radical (unpaired) electrons. The third-order valence-electron chi connectivity index (χ3n) is 3.80. The van der Waals surface area contributed by atoms with Crippen molar-refractivity contribution < 1.29 is 32.5 Å². The van der Waals surface area contributed by atoms with E-state index < -0.39 is 38.5 Å². The highest BCUT2D eigenvalue weighted by Gasteiger charge is 2.21. The highest BCUT2D eigenvalue weighted by Crippen LogP contribution is 2.26. The highest BCUT2D eigenvalue weighted by molar-refractivity contribution is 7.86. The second kappa shape index (κ2) is 8.43. The lowest BCUT2D eigenvalue weighted by Gasteiger charge is -2.11. The maximum absolute atomic E-state index is 12.5. The van der Waals surface area contributed by atoms with Crippen LogP contribution in [0, 0.1) is 0 Å². The van der Waals surface area contributed by atoms with Gasteiger partial charge in [-0.2, -0.15) is 8.42 Å². The Labute approximate surface area is 183 Å². The van der Waals surface area contributed by atoms with E-state index in [1.54, 1.807) is 0 Å². The average molecular weight is 485 g/mol. The molecule has 0 bridgehead atoms. The zero-order valence-electron chi connectivity index (χ0n) is 15.0. The molecule has 2 amide bonds. The number of hydrogen-bond acceptors (Lipinski definition) is 7. The largest absolute Gasteiger partial charge is 0.474 e. The monoisotopic (exact) mass is 484 g/mol. The van der Waals surface area contributed by atoms with Crippen molar-refractivity contribution in [2.24, 2.45) is 0 Å². The molecule has 0 aliphatic rings. The van der Waals surface area contributed by atoms with Gasteiger partial charge in [-0.3, -0.25) is 14.1 Å². The van der Waals surface area contributed by atoms with E-state index >= 15 is 0 Å². The molecule has 0 saturated carbocycles. The maximum Gasteiger partial charge on any atom is 0.394 e. The van der Waals surface area contributed by atoms with Gasteiger partial charge in [-0.15, -0.1) is 0 Å². The van der Waals surface area contributed by atoms with Gasteiger partial charge in [0.05, 0.1) is 16.7 Å². The van der Waals surface area contributed by atoms with E-state index in [4.69, 9.17) is 28.3 Å². The molecule has 14 heteroatoms. The summed E-state index contributed by atoms with van der Waals surface area (Å²) >= 11 is 11.6. The molecule has 31 heavy (non-hydrogen) atoms. The Bertz CT molecular complexity index is 1360. The van der Waals surface area contributed by atoms with E-state index in [1.807, 2.05) is 5.32 Å². The maximum atomic E-state index is 12.5. The van der Waals surface area contributed by atoms with Crippen molar-refractivity contribution in [3.8, 4) is 0 Å². The average Bonchev–Trinajstić information content (AvgIpc) is 2.68. The number of anilines is 2. The fourth-order valence-corrected chi connectivity index (χ4v) is 3.39. The molecule has 0 atom stereocenters. The molecular formula is C17H10Cl2N4O7S. The summed E-state index contributed by atoms with van der Waals surface area (Å²) in [4.78, 5) is 41.7. The summed E-state index contributed by atoms with van der Waals surface area (Å²) in [6.45, 7) is 0. The summed E-state index contributed by atoms with van der Waals surface area (Å²) in [5.74, 6) is -4.05. The van der Waals surface area contributed by atoms with Gasteiger partial charge in [0.1, 0.15) is 4.90 Å². The number of carboxylic acids is 1. The van der Waals surface area contributed by atoms with Crippen LogP contribution in [0.2, 0.25) is 10.3 Å². The molecule has 11 nitrogen and oxygen atoms in total. The number of carbonyl (C=O) groups is 3. The minimum Gasteiger partial charge on any atom is -0.474 e. The van der Waals surface area contributed by atoms with Crippen LogP contribution in [-0.4, -0.2) is 45.8 Å². The lowest BCUT2D eigenvalue weighted by atomic mass is 10.1. The van der Waals surface area contributed by atoms with Crippen LogP contribution >= 0.6 is 23.2 Å². The van der Waals surface area contributed by atoms with Crippen LogP contribution in [0.5, 0.6) is 0 Å². The summed E-state index contributed by atoms with van der Waals surface area (Å²) in [6, 6.07) is 7.33. The van der Waals surface area contributed by atoms with Gasteiger partial charge in [-0.25, -0.2) is 14.8 Å². The summed E-state index contributed by atoms with van der Waals surface area (Å²) in [6.07, 6.45) is 0. The van der Waals surface area contributed by atoms with Gasteiger partial charge in [-0.1, -0.05) is 23.2 Å². The Balaban J connectivity index is 1.92. The van der Waals surface area contributed by atoms with Crippen LogP contribution in [0.25, 0.3) is 11.0 Å². The van der Waals surface area contributed by atoms with E-state index in [0.29, 0.717) is 5.52 Å². The third-order valence-corrected chi connectivity index (χ3v) is 5.32. The molecule has 4 N–H and O–H groups in total. The molecule has 3 rings (SSSR count). The molecule has 0 aliphatic heterocycles. The van der Waals surface area contributed by atoms with Crippen molar-refractivity contribution in [1.82, 2.24) is 9.97 Å². The van der Waals surface area contributed by atoms with Gasteiger partial charge in [0.2, 0.25) is 0 Å². The van der Waals surface area contributed by atoms with Gasteiger partial charge >= 0.3 is 11.9 Å². The highest BCUT2D eigenvalue weighted by atomic mass is 35.5. The van der Waals surface area contributed by atoms with Crippen molar-refractivity contribution in [1.29, 1.82) is 0 Å². The zero-order valence-corrected chi connectivity index (χ0v) is 17.3. The van der Waals surface area contributed by atoms with E-state index in [0.717, 1.165) is 12.1 Å². The summed E-state index contributed by atoms with van der Waals surface area (Å²) in [5.41, 5.74) is 0.245. The van der Waals surface area contributed by atoms with Crippen molar-refractivity contribution in [2.45, 2.75) is 4.90 Å². The van der Waals surface area contributed by atoms with E-state index in [-0.39, 0.29) is 27.1 Å². The van der Waals surface area contributed by atoms with E-state index in [2.05, 4.69) is 15.3 Å². The first-order valence-corrected chi connectivity index (χ1v) is 10.3. The lowest BCUT2D eigenvalue weighted by molar-refractivity contribution is -0.147. The van der Waals surface area contributed by atoms with Crippen LogP contribution in [-0.2, 0) is 19.7 Å². The fourth-order valence-electron chi connectivity index (χ4n) is 2.45. The van der Waals surface area contributed by atoms with Crippen molar-refractivity contribution in [2.75, 3.05) is 10.6 Å². The SMILES string of the molecule is O=C(O)C(=O)Nc1ccc(NC(=O)c2ccc3nc(Cl)c(Cl)nc3c2)cc1S(=O)(=O)O. The number of fused-ring (bicyclic) bond motifs is 1. The molecule has 0 aliphatic carbocycles. The summed E-state index contributed by atoms with van der Waals surface area (Å²) in [5, 5.41) is 12.8. The second-order valence-corrected chi connectivity index (χ2v) is 8.01. The molecule has 3 aromatic rings. The predicted molar refractivity (Wildman–Crippen MR) is 110 cm³/mol. The molecule has 0 spiro atoms. The Morgan fingerprint density at radius 2 is 1.55 bits per heavy atom. The third kappa shape index (κ3) is 5.06. The number of nitrogens with zero attached hydrogens (tertiary/aromatic N) is 2. The lowest BCUT2D eigenvalue weighted by Crippen LogP contribution is -2.23. The number of carboxylic acid groups (broad SMARTS) is 1. The van der Waals surface area contributed by atoms with E-state index in [9.17, 15) is 27.4 Å². The van der Waals surface area contributed by atoms with Crippen LogP contribution < -0.4 is 10.6 Å². The molecule has 160 valence electrons. The summed E-state index contributed by atoms with van der Waals surface area (Å²) < 4.78 is 32.6. The van der Waals surface area contributed by atoms with Gasteiger partial charge in [-0.05, 0) is 36.4 Å². The number of carbonyl (C=O) groups excluding carboxylic acids is 2. The molecule has 1 aromatic heterocycles. The number of rotatable bonds is 4. The van der Waals surface area contributed by atoms with Crippen LogP contribution in [0.4, 0.5) is 11.4 Å². The minimum absolute atomic E-state index is 0.000751. The number of hydrogen-bond donors (Lipinski definition) is 4. The summed E-state index contributed by atoms with van der Waals surface area (Å²) in [7, 11) is -4.87. The topological polar surface area (TPSA) is 176 Å². The molecule has 0 fully saturated rings. The van der Waals surface area contributed by atoms with Gasteiger partial charge in [0, 0.05) is 11.3 Å². The number of aromatic nitrogens is 2. The first kappa shape index (κ1) is 22.4. The smallest absolute Gasteiger partial charge is 0.394 e. The fraction of sp³-hybridized carbons (Fsp3) is 0. The van der Waals surface area contributed by atoms with Crippen LogP contribution in [0.1, 0.15) is 10.4 Å². The first-order chi connectivity index (χ1) is 14.5. The van der Waals surface area contributed by atoms with E-state index in [1.165, 1.54) is 24.3 Å². The van der Waals surface area contributed by atoms with Gasteiger partial charge < -0.3 is 15.7 Å². The standard InChI is InChI=1S/C17H10Cl2N4O7S/c18-13-14(19)22-11-5-7(1-3-9(11)21-13)15(24)20-8-2-4-10(23-16(25)17(26)27)12(6-8)31(28,29)30/h1-6H,(H,20,24)(H,23,25)(H,26,27)(H,28,29,30). The minimum atomic E-state index is -4.87. The van der Waals surface area contributed by atoms with Crippen molar-refractivity contribution >= 4 is 73.5 Å². The number of benzene rings is 2. The van der Waals surface area contributed by atoms with Crippen molar-refractivity contribution in [3.63, 3.8) is 0 Å². The molecular weight excluding hydrogens is 475 g/mol. The second-order valence-electron chi connectivity index (χ2n) is 5.91. The Hall–Kier alpha value is -3.32. The van der Waals surface area contributed by atoms with Gasteiger partial charge in [0.25, 0.3) is 16.0 Å². The Morgan fingerprint density at radius 1 is 0.903 bits per heavy atom. The molecule has 2 aromatic carbocycles. The molecule has 1 heterocycles. The quantitative estimate of drug-likeness (QED) is 0.319. The van der Waals surface area contributed by atoms with Crippen molar-refractivity contribution in [3.05, 3.63) is 52.3 Å². The number of halogens is 2. The zero-order chi connectivity index (χ0) is 22.9. The number of nitrogens with one attached hydrogen (secondary N) is 2. The number of amides is 2. The van der Waals surface area contributed by atoms with Gasteiger partial charge in [0.15, 0.2) is 10.3 Å². The Kier molecular flexibility index (Phi) is 6.08. The Morgan fingerprint density at radius 3 is 2.16 bits per heavy atom. The normalized spacial score (nSPS) is 11.2. The molecule has 0 unspecified atom stereocenters. The van der Waals surface area contributed by atoms with Crippen LogP contribution in [0.15, 0.2) is 41.3 Å². The molecule has 0 saturated heterocycles.